The molecule has 168 valence electrons. The van der Waals surface area contributed by atoms with Crippen LogP contribution in [0.2, 0.25) is 0 Å². The third-order valence-corrected chi connectivity index (χ3v) is 5.96. The molecule has 2 unspecified atom stereocenters. The standard InChI is InChI=1S/C24H26N2O6/c27-21(28)9-11-25-23(29)22-15(10-12-31-22)13-26-24(30)32-14-20-18-7-3-1-5-16(18)17-6-2-4-8-19(17)20/h1-8,15,20,22H,9-14H2,(H,25,29)(H,26,30)(H,27,28). The van der Waals surface area contributed by atoms with E-state index in [0.717, 1.165) is 22.3 Å². The number of carbonyl (C=O) groups excluding carboxylic acids is 2. The van der Waals surface area contributed by atoms with Crippen molar-refractivity contribution in [1.82, 2.24) is 10.6 Å². The van der Waals surface area contributed by atoms with Gasteiger partial charge in [0.05, 0.1) is 6.42 Å². The van der Waals surface area contributed by atoms with Crippen LogP contribution >= 0.6 is 0 Å². The number of alkyl carbamates (subject to hydrolysis) is 1. The number of carbonyl (C=O) groups is 3. The lowest BCUT2D eigenvalue weighted by Crippen LogP contribution is -2.42. The first-order chi connectivity index (χ1) is 15.5. The monoisotopic (exact) mass is 438 g/mol. The molecule has 2 aliphatic rings. The van der Waals surface area contributed by atoms with Crippen molar-refractivity contribution in [2.24, 2.45) is 5.92 Å². The van der Waals surface area contributed by atoms with Gasteiger partial charge < -0.3 is 25.2 Å². The Morgan fingerprint density at radius 2 is 1.66 bits per heavy atom. The van der Waals surface area contributed by atoms with Gasteiger partial charge in [0.2, 0.25) is 5.91 Å². The number of aliphatic carboxylic acids is 1. The highest BCUT2D eigenvalue weighted by Gasteiger charge is 2.34. The van der Waals surface area contributed by atoms with Crippen molar-refractivity contribution in [3.8, 4) is 11.1 Å². The van der Waals surface area contributed by atoms with Gasteiger partial charge in [0.25, 0.3) is 0 Å². The Kier molecular flexibility index (Phi) is 6.70. The number of ether oxygens (including phenoxy) is 2. The van der Waals surface area contributed by atoms with Gasteiger partial charge in [-0.3, -0.25) is 9.59 Å². The van der Waals surface area contributed by atoms with Crippen LogP contribution in [0.15, 0.2) is 48.5 Å². The van der Waals surface area contributed by atoms with Gasteiger partial charge in [-0.05, 0) is 28.7 Å². The summed E-state index contributed by atoms with van der Waals surface area (Å²) in [5.74, 6) is -1.55. The fraction of sp³-hybridized carbons (Fsp3) is 0.375. The lowest BCUT2D eigenvalue weighted by Gasteiger charge is -2.19. The molecule has 2 atom stereocenters. The van der Waals surface area contributed by atoms with Crippen molar-refractivity contribution in [2.75, 3.05) is 26.3 Å². The highest BCUT2D eigenvalue weighted by atomic mass is 16.5. The molecule has 0 bridgehead atoms. The Bertz CT molecular complexity index is 962. The minimum absolute atomic E-state index is 0.0178. The molecule has 1 heterocycles. The van der Waals surface area contributed by atoms with E-state index in [2.05, 4.69) is 34.9 Å². The molecule has 1 aliphatic carbocycles. The van der Waals surface area contributed by atoms with E-state index in [9.17, 15) is 14.4 Å². The maximum absolute atomic E-state index is 12.4. The van der Waals surface area contributed by atoms with Gasteiger partial charge in [0.15, 0.2) is 0 Å². The Balaban J connectivity index is 1.28. The molecule has 2 amide bonds. The summed E-state index contributed by atoms with van der Waals surface area (Å²) in [5.41, 5.74) is 4.61. The minimum Gasteiger partial charge on any atom is -0.481 e. The summed E-state index contributed by atoms with van der Waals surface area (Å²) in [4.78, 5) is 35.2. The van der Waals surface area contributed by atoms with E-state index in [-0.39, 0.29) is 43.9 Å². The fourth-order valence-electron chi connectivity index (χ4n) is 4.39. The van der Waals surface area contributed by atoms with Gasteiger partial charge in [-0.1, -0.05) is 48.5 Å². The number of rotatable bonds is 8. The topological polar surface area (TPSA) is 114 Å². The molecule has 2 aromatic carbocycles. The molecule has 0 spiro atoms. The van der Waals surface area contributed by atoms with Gasteiger partial charge in [-0.15, -0.1) is 0 Å². The average molecular weight is 438 g/mol. The maximum atomic E-state index is 12.4. The normalized spacial score (nSPS) is 19.1. The molecular formula is C24H26N2O6. The highest BCUT2D eigenvalue weighted by molar-refractivity contribution is 5.82. The summed E-state index contributed by atoms with van der Waals surface area (Å²) in [6, 6.07) is 16.3. The Morgan fingerprint density at radius 1 is 1.00 bits per heavy atom. The number of nitrogens with one attached hydrogen (secondary N) is 2. The van der Waals surface area contributed by atoms with Crippen LogP contribution in [-0.4, -0.2) is 55.5 Å². The summed E-state index contributed by atoms with van der Waals surface area (Å²) in [7, 11) is 0. The third kappa shape index (κ3) is 4.75. The molecule has 8 nitrogen and oxygen atoms in total. The lowest BCUT2D eigenvalue weighted by molar-refractivity contribution is -0.137. The summed E-state index contributed by atoms with van der Waals surface area (Å²) in [5, 5.41) is 14.0. The Hall–Kier alpha value is -3.39. The quantitative estimate of drug-likeness (QED) is 0.584. The summed E-state index contributed by atoms with van der Waals surface area (Å²) < 4.78 is 11.0. The summed E-state index contributed by atoms with van der Waals surface area (Å²) >= 11 is 0. The summed E-state index contributed by atoms with van der Waals surface area (Å²) in [6.45, 7) is 0.919. The van der Waals surface area contributed by atoms with E-state index in [0.29, 0.717) is 13.0 Å². The number of amides is 2. The third-order valence-electron chi connectivity index (χ3n) is 5.96. The maximum Gasteiger partial charge on any atom is 0.407 e. The first-order valence-corrected chi connectivity index (χ1v) is 10.7. The zero-order chi connectivity index (χ0) is 22.5. The second-order valence-electron chi connectivity index (χ2n) is 7.98. The van der Waals surface area contributed by atoms with Crippen LogP contribution < -0.4 is 10.6 Å². The molecule has 3 N–H and O–H groups in total. The number of hydrogen-bond acceptors (Lipinski definition) is 5. The molecule has 1 fully saturated rings. The fourth-order valence-corrected chi connectivity index (χ4v) is 4.39. The van der Waals surface area contributed by atoms with E-state index >= 15 is 0 Å². The summed E-state index contributed by atoms with van der Waals surface area (Å²) in [6.07, 6.45) is -0.775. The smallest absolute Gasteiger partial charge is 0.407 e. The van der Waals surface area contributed by atoms with Crippen LogP contribution in [0.3, 0.4) is 0 Å². The van der Waals surface area contributed by atoms with Gasteiger partial charge in [-0.2, -0.15) is 0 Å². The van der Waals surface area contributed by atoms with Crippen LogP contribution in [0.5, 0.6) is 0 Å². The SMILES string of the molecule is O=C(O)CCNC(=O)C1OCCC1CNC(=O)OCC1c2ccccc2-c2ccccc21. The van der Waals surface area contributed by atoms with E-state index in [4.69, 9.17) is 14.6 Å². The second-order valence-corrected chi connectivity index (χ2v) is 7.98. The molecule has 1 saturated heterocycles. The van der Waals surface area contributed by atoms with Gasteiger partial charge in [-0.25, -0.2) is 4.79 Å². The highest BCUT2D eigenvalue weighted by Crippen LogP contribution is 2.44. The van der Waals surface area contributed by atoms with E-state index in [1.807, 2.05) is 24.3 Å². The Morgan fingerprint density at radius 3 is 2.31 bits per heavy atom. The van der Waals surface area contributed by atoms with Crippen LogP contribution in [0.1, 0.15) is 29.9 Å². The predicted molar refractivity (Wildman–Crippen MR) is 116 cm³/mol. The number of carboxylic acids is 1. The number of hydrogen-bond donors (Lipinski definition) is 3. The van der Waals surface area contributed by atoms with E-state index < -0.39 is 18.2 Å². The van der Waals surface area contributed by atoms with Crippen molar-refractivity contribution in [1.29, 1.82) is 0 Å². The molecule has 1 aliphatic heterocycles. The van der Waals surface area contributed by atoms with Crippen molar-refractivity contribution in [3.05, 3.63) is 59.7 Å². The van der Waals surface area contributed by atoms with Gasteiger partial charge >= 0.3 is 12.1 Å². The minimum atomic E-state index is -0.980. The molecular weight excluding hydrogens is 412 g/mol. The lowest BCUT2D eigenvalue weighted by atomic mass is 9.98. The predicted octanol–water partition coefficient (Wildman–Crippen LogP) is 2.52. The largest absolute Gasteiger partial charge is 0.481 e. The first-order valence-electron chi connectivity index (χ1n) is 10.7. The van der Waals surface area contributed by atoms with Gasteiger partial charge in [0, 0.05) is 31.5 Å². The first kappa shape index (κ1) is 21.8. The van der Waals surface area contributed by atoms with Crippen LogP contribution in [0, 0.1) is 5.92 Å². The van der Waals surface area contributed by atoms with Crippen molar-refractivity contribution in [3.63, 3.8) is 0 Å². The number of fused-ring (bicyclic) bond motifs is 3. The van der Waals surface area contributed by atoms with E-state index in [1.165, 1.54) is 0 Å². The Labute approximate surface area is 185 Å². The van der Waals surface area contributed by atoms with Gasteiger partial charge in [0.1, 0.15) is 12.7 Å². The molecule has 0 saturated carbocycles. The van der Waals surface area contributed by atoms with Crippen LogP contribution in [-0.2, 0) is 19.1 Å². The molecule has 8 heteroatoms. The van der Waals surface area contributed by atoms with Crippen molar-refractivity contribution < 1.29 is 29.0 Å². The van der Waals surface area contributed by atoms with Crippen molar-refractivity contribution >= 4 is 18.0 Å². The van der Waals surface area contributed by atoms with E-state index in [1.54, 1.807) is 0 Å². The molecule has 32 heavy (non-hydrogen) atoms. The van der Waals surface area contributed by atoms with Crippen LogP contribution in [0.4, 0.5) is 4.79 Å². The number of carboxylic acid groups (broad SMARTS) is 1. The second kappa shape index (κ2) is 9.82. The number of benzene rings is 2. The zero-order valence-electron chi connectivity index (χ0n) is 17.6. The molecule has 0 aromatic heterocycles. The van der Waals surface area contributed by atoms with Crippen molar-refractivity contribution in [2.45, 2.75) is 24.9 Å². The zero-order valence-corrected chi connectivity index (χ0v) is 17.6. The molecule has 2 aromatic rings. The molecule has 4 rings (SSSR count). The average Bonchev–Trinajstić information content (AvgIpc) is 3.39. The molecule has 0 radical (unpaired) electrons. The van der Waals surface area contributed by atoms with Crippen LogP contribution in [0.25, 0.3) is 11.1 Å².